The minimum atomic E-state index is -0.659. The zero-order valence-electron chi connectivity index (χ0n) is 13.2. The van der Waals surface area contributed by atoms with E-state index >= 15 is 0 Å². The first kappa shape index (κ1) is 17.3. The molecule has 128 valence electrons. The van der Waals surface area contributed by atoms with Crippen LogP contribution in [0.3, 0.4) is 0 Å². The van der Waals surface area contributed by atoms with Gasteiger partial charge in [-0.1, -0.05) is 11.3 Å². The van der Waals surface area contributed by atoms with Crippen molar-refractivity contribution in [3.63, 3.8) is 0 Å². The van der Waals surface area contributed by atoms with Crippen LogP contribution in [-0.2, 0) is 6.67 Å². The molecule has 0 N–H and O–H groups in total. The van der Waals surface area contributed by atoms with Crippen molar-refractivity contribution >= 4 is 29.3 Å². The molecule has 0 spiro atoms. The summed E-state index contributed by atoms with van der Waals surface area (Å²) >= 11 is 6.73. The number of ketones is 1. The second kappa shape index (κ2) is 7.16. The number of benzene rings is 1. The van der Waals surface area contributed by atoms with Crippen LogP contribution in [0.2, 0.25) is 0 Å². The van der Waals surface area contributed by atoms with Gasteiger partial charge in [-0.3, -0.25) is 9.69 Å². The molecule has 2 aromatic rings. The van der Waals surface area contributed by atoms with Crippen LogP contribution >= 0.6 is 23.6 Å². The molecule has 0 bridgehead atoms. The number of carbonyl (C=O) groups is 1. The van der Waals surface area contributed by atoms with E-state index in [0.29, 0.717) is 32.6 Å². The molecule has 1 fully saturated rings. The van der Waals surface area contributed by atoms with Gasteiger partial charge in [-0.2, -0.15) is 5.10 Å². The molecule has 1 aromatic carbocycles. The highest BCUT2D eigenvalue weighted by Crippen LogP contribution is 2.24. The van der Waals surface area contributed by atoms with E-state index in [-0.39, 0.29) is 17.3 Å². The van der Waals surface area contributed by atoms with E-state index in [4.69, 9.17) is 12.2 Å². The monoisotopic (exact) mass is 369 g/mol. The molecule has 24 heavy (non-hydrogen) atoms. The molecule has 0 saturated carbocycles. The summed E-state index contributed by atoms with van der Waals surface area (Å²) in [5, 5.41) is 5.28. The zero-order valence-corrected chi connectivity index (χ0v) is 14.8. The number of Topliss-reactive ketones (excluding diaryl/α,β-unsaturated/α-hetero) is 1. The van der Waals surface area contributed by atoms with Gasteiger partial charge in [-0.05, 0) is 50.2 Å². The van der Waals surface area contributed by atoms with Crippen molar-refractivity contribution in [2.24, 2.45) is 5.92 Å². The minimum absolute atomic E-state index is 0.147. The average molecular weight is 369 g/mol. The number of rotatable bonds is 4. The van der Waals surface area contributed by atoms with E-state index in [2.05, 4.69) is 10.00 Å². The van der Waals surface area contributed by atoms with Crippen molar-refractivity contribution in [1.82, 2.24) is 14.7 Å². The van der Waals surface area contributed by atoms with E-state index in [0.717, 1.165) is 27.2 Å². The van der Waals surface area contributed by atoms with Crippen molar-refractivity contribution in [2.45, 2.75) is 26.4 Å². The molecule has 0 atom stereocenters. The molecule has 8 heteroatoms. The Morgan fingerprint density at radius 2 is 2.08 bits per heavy atom. The highest BCUT2D eigenvalue weighted by Gasteiger charge is 2.28. The average Bonchev–Trinajstić information content (AvgIpc) is 2.87. The molecule has 0 amide bonds. The van der Waals surface area contributed by atoms with Gasteiger partial charge < -0.3 is 0 Å². The SMILES string of the molecule is Cc1nn(CN2CCC(C(=O)c3cc(F)ccc3F)CC2)c(=S)s1. The van der Waals surface area contributed by atoms with Crippen molar-refractivity contribution in [3.8, 4) is 0 Å². The lowest BCUT2D eigenvalue weighted by molar-refractivity contribution is 0.0799. The van der Waals surface area contributed by atoms with Crippen LogP contribution in [0.25, 0.3) is 0 Å². The van der Waals surface area contributed by atoms with Crippen molar-refractivity contribution in [1.29, 1.82) is 0 Å². The molecule has 1 aromatic heterocycles. The summed E-state index contributed by atoms with van der Waals surface area (Å²) in [7, 11) is 0. The number of piperidine rings is 1. The number of halogens is 2. The molecule has 4 nitrogen and oxygen atoms in total. The van der Waals surface area contributed by atoms with Gasteiger partial charge >= 0.3 is 0 Å². The molecule has 0 unspecified atom stereocenters. The third-order valence-corrected chi connectivity index (χ3v) is 5.42. The first-order valence-electron chi connectivity index (χ1n) is 7.70. The molecule has 2 heterocycles. The lowest BCUT2D eigenvalue weighted by Crippen LogP contribution is -2.37. The number of carbonyl (C=O) groups excluding carboxylic acids is 1. The Hall–Kier alpha value is -1.51. The second-order valence-corrected chi connectivity index (χ2v) is 7.74. The van der Waals surface area contributed by atoms with Crippen LogP contribution in [0, 0.1) is 28.4 Å². The highest BCUT2D eigenvalue weighted by molar-refractivity contribution is 7.73. The standard InChI is InChI=1S/C16H17F2N3OS2/c1-10-19-21(16(23)24-10)9-20-6-4-11(5-7-20)15(22)13-8-12(17)2-3-14(13)18/h2-3,8,11H,4-7,9H2,1H3. The van der Waals surface area contributed by atoms with Crippen molar-refractivity contribution in [3.05, 3.63) is 44.4 Å². The fourth-order valence-electron chi connectivity index (χ4n) is 2.93. The van der Waals surface area contributed by atoms with Crippen LogP contribution in [0.1, 0.15) is 28.2 Å². The van der Waals surface area contributed by atoms with Gasteiger partial charge in [0.2, 0.25) is 0 Å². The topological polar surface area (TPSA) is 38.1 Å². The Kier molecular flexibility index (Phi) is 5.17. The van der Waals surface area contributed by atoms with Gasteiger partial charge in [0.25, 0.3) is 0 Å². The molecule has 1 aliphatic rings. The molecule has 1 aliphatic heterocycles. The zero-order chi connectivity index (χ0) is 17.3. The Morgan fingerprint density at radius 3 is 2.71 bits per heavy atom. The van der Waals surface area contributed by atoms with Crippen LogP contribution in [-0.4, -0.2) is 33.6 Å². The Bertz CT molecular complexity index is 810. The predicted molar refractivity (Wildman–Crippen MR) is 90.7 cm³/mol. The van der Waals surface area contributed by atoms with Gasteiger partial charge in [0.15, 0.2) is 9.74 Å². The Labute approximate surface area is 147 Å². The summed E-state index contributed by atoms with van der Waals surface area (Å²) in [5.41, 5.74) is -0.147. The van der Waals surface area contributed by atoms with Gasteiger partial charge in [-0.25, -0.2) is 13.5 Å². The normalized spacial score (nSPS) is 16.5. The van der Waals surface area contributed by atoms with Gasteiger partial charge in [0.1, 0.15) is 16.6 Å². The minimum Gasteiger partial charge on any atom is -0.294 e. The maximum Gasteiger partial charge on any atom is 0.180 e. The molecule has 3 rings (SSSR count). The summed E-state index contributed by atoms with van der Waals surface area (Å²) in [5.74, 6) is -1.84. The number of aromatic nitrogens is 2. The smallest absolute Gasteiger partial charge is 0.180 e. The third-order valence-electron chi connectivity index (χ3n) is 4.19. The summed E-state index contributed by atoms with van der Waals surface area (Å²) in [6.07, 6.45) is 1.23. The van der Waals surface area contributed by atoms with Gasteiger partial charge in [0, 0.05) is 19.0 Å². The molecular formula is C16H17F2N3OS2. The third kappa shape index (κ3) is 3.76. The number of likely N-dealkylation sites (tertiary alicyclic amines) is 1. The Morgan fingerprint density at radius 1 is 1.38 bits per heavy atom. The molecule has 0 radical (unpaired) electrons. The van der Waals surface area contributed by atoms with E-state index in [1.54, 1.807) is 4.68 Å². The van der Waals surface area contributed by atoms with E-state index in [1.807, 2.05) is 6.92 Å². The highest BCUT2D eigenvalue weighted by atomic mass is 32.1. The Balaban J connectivity index is 1.62. The lowest BCUT2D eigenvalue weighted by Gasteiger charge is -2.31. The lowest BCUT2D eigenvalue weighted by atomic mass is 9.89. The van der Waals surface area contributed by atoms with Gasteiger partial charge in [0.05, 0.1) is 12.2 Å². The molecule has 0 aliphatic carbocycles. The predicted octanol–water partition coefficient (Wildman–Crippen LogP) is 3.81. The fraction of sp³-hybridized carbons (Fsp3) is 0.438. The number of hydrogen-bond donors (Lipinski definition) is 0. The van der Waals surface area contributed by atoms with E-state index in [9.17, 15) is 13.6 Å². The summed E-state index contributed by atoms with van der Waals surface area (Å²) < 4.78 is 29.5. The summed E-state index contributed by atoms with van der Waals surface area (Å²) in [6.45, 7) is 3.91. The number of hydrogen-bond acceptors (Lipinski definition) is 5. The van der Waals surface area contributed by atoms with E-state index in [1.165, 1.54) is 11.3 Å². The largest absolute Gasteiger partial charge is 0.294 e. The van der Waals surface area contributed by atoms with Crippen LogP contribution in [0.4, 0.5) is 8.78 Å². The second-order valence-electron chi connectivity index (χ2n) is 5.91. The summed E-state index contributed by atoms with van der Waals surface area (Å²) in [4.78, 5) is 14.6. The van der Waals surface area contributed by atoms with Crippen LogP contribution in [0.5, 0.6) is 0 Å². The quantitative estimate of drug-likeness (QED) is 0.607. The van der Waals surface area contributed by atoms with Crippen LogP contribution < -0.4 is 0 Å². The van der Waals surface area contributed by atoms with Crippen LogP contribution in [0.15, 0.2) is 18.2 Å². The first-order valence-corrected chi connectivity index (χ1v) is 8.92. The maximum absolute atomic E-state index is 13.8. The number of aryl methyl sites for hydroxylation is 1. The first-order chi connectivity index (χ1) is 11.4. The van der Waals surface area contributed by atoms with Crippen molar-refractivity contribution < 1.29 is 13.6 Å². The fourth-order valence-corrected chi connectivity index (χ4v) is 3.99. The van der Waals surface area contributed by atoms with Gasteiger partial charge in [-0.15, -0.1) is 0 Å². The number of nitrogens with zero attached hydrogens (tertiary/aromatic N) is 3. The maximum atomic E-state index is 13.8. The summed E-state index contributed by atoms with van der Waals surface area (Å²) in [6, 6.07) is 3.01. The van der Waals surface area contributed by atoms with Crippen molar-refractivity contribution in [2.75, 3.05) is 13.1 Å². The van der Waals surface area contributed by atoms with E-state index < -0.39 is 11.6 Å². The molecule has 1 saturated heterocycles. The molecular weight excluding hydrogens is 352 g/mol.